The quantitative estimate of drug-likeness (QED) is 0.847. The third-order valence-corrected chi connectivity index (χ3v) is 3.70. The molecular formula is C13H15F2NO2. The Balaban J connectivity index is 2.07. The molecule has 0 spiro atoms. The van der Waals surface area contributed by atoms with Crippen molar-refractivity contribution in [3.8, 4) is 0 Å². The number of halogens is 2. The smallest absolute Gasteiger partial charge is 0.251 e. The molecule has 2 atom stereocenters. The fraction of sp³-hybridized carbons (Fsp3) is 0.462. The van der Waals surface area contributed by atoms with Crippen molar-refractivity contribution in [1.82, 2.24) is 5.32 Å². The molecule has 3 nitrogen and oxygen atoms in total. The van der Waals surface area contributed by atoms with Crippen LogP contribution in [0.5, 0.6) is 0 Å². The molecule has 0 saturated heterocycles. The first-order chi connectivity index (χ1) is 8.32. The van der Waals surface area contributed by atoms with Crippen LogP contribution >= 0.6 is 0 Å². The van der Waals surface area contributed by atoms with Gasteiger partial charge < -0.3 is 10.4 Å². The first kappa shape index (κ1) is 13.0. The third-order valence-electron chi connectivity index (χ3n) is 3.70. The van der Waals surface area contributed by atoms with Crippen molar-refractivity contribution in [3.05, 3.63) is 35.4 Å². The molecule has 1 aliphatic rings. The molecule has 1 saturated carbocycles. The molecule has 5 heteroatoms. The molecule has 2 N–H and O–H groups in total. The zero-order valence-electron chi connectivity index (χ0n) is 10.2. The van der Waals surface area contributed by atoms with Crippen LogP contribution in [0.15, 0.2) is 18.2 Å². The first-order valence-corrected chi connectivity index (χ1v) is 5.76. The van der Waals surface area contributed by atoms with Crippen LogP contribution in [0, 0.1) is 17.0 Å². The zero-order chi connectivity index (χ0) is 13.5. The highest BCUT2D eigenvalue weighted by Crippen LogP contribution is 2.40. The molecule has 98 valence electrons. The second kappa shape index (κ2) is 4.31. The maximum absolute atomic E-state index is 13.0. The van der Waals surface area contributed by atoms with Crippen molar-refractivity contribution in [3.63, 3.8) is 0 Å². The van der Waals surface area contributed by atoms with E-state index in [2.05, 4.69) is 5.32 Å². The Morgan fingerprint density at radius 2 is 2.06 bits per heavy atom. The number of rotatable bonds is 2. The number of hydrogen-bond acceptors (Lipinski definition) is 2. The Morgan fingerprint density at radius 1 is 1.39 bits per heavy atom. The maximum atomic E-state index is 13.0. The fourth-order valence-corrected chi connectivity index (χ4v) is 2.03. The number of aliphatic hydroxyl groups is 1. The number of nitrogens with one attached hydrogen (secondary N) is 1. The molecule has 2 rings (SSSR count). The van der Waals surface area contributed by atoms with Gasteiger partial charge in [0.1, 0.15) is 0 Å². The Bertz CT molecular complexity index is 488. The average molecular weight is 255 g/mol. The van der Waals surface area contributed by atoms with E-state index in [1.165, 1.54) is 6.07 Å². The van der Waals surface area contributed by atoms with E-state index in [-0.39, 0.29) is 11.6 Å². The number of amides is 1. The summed E-state index contributed by atoms with van der Waals surface area (Å²) in [6.07, 6.45) is 0.0235. The van der Waals surface area contributed by atoms with E-state index in [9.17, 15) is 18.7 Å². The lowest BCUT2D eigenvalue weighted by atomic mass is 9.64. The Labute approximate surface area is 104 Å². The minimum atomic E-state index is -1.05. The van der Waals surface area contributed by atoms with E-state index in [0.717, 1.165) is 12.1 Å². The van der Waals surface area contributed by atoms with Gasteiger partial charge in [0.2, 0.25) is 0 Å². The monoisotopic (exact) mass is 255 g/mol. The lowest BCUT2D eigenvalue weighted by Gasteiger charge is -2.49. The van der Waals surface area contributed by atoms with Crippen LogP contribution in [0.3, 0.4) is 0 Å². The molecule has 0 radical (unpaired) electrons. The number of carbonyl (C=O) groups is 1. The molecule has 0 aliphatic heterocycles. The Morgan fingerprint density at radius 3 is 2.56 bits per heavy atom. The number of hydrogen-bond donors (Lipinski definition) is 2. The van der Waals surface area contributed by atoms with Gasteiger partial charge in [0, 0.05) is 17.0 Å². The summed E-state index contributed by atoms with van der Waals surface area (Å²) in [5.41, 5.74) is -0.320. The molecule has 1 amide bonds. The van der Waals surface area contributed by atoms with E-state index < -0.39 is 29.1 Å². The zero-order valence-corrected chi connectivity index (χ0v) is 10.2. The van der Waals surface area contributed by atoms with Gasteiger partial charge in [-0.3, -0.25) is 4.79 Å². The van der Waals surface area contributed by atoms with Gasteiger partial charge in [-0.05, 0) is 24.6 Å². The van der Waals surface area contributed by atoms with Gasteiger partial charge in [-0.25, -0.2) is 8.78 Å². The molecule has 1 fully saturated rings. The minimum absolute atomic E-state index is 0.0751. The second-order valence-corrected chi connectivity index (χ2v) is 5.23. The number of aliphatic hydroxyl groups excluding tert-OH is 1. The third kappa shape index (κ3) is 2.10. The number of carbonyl (C=O) groups excluding carboxylic acids is 1. The highest BCUT2D eigenvalue weighted by Gasteiger charge is 2.47. The Hall–Kier alpha value is -1.49. The lowest BCUT2D eigenvalue weighted by molar-refractivity contribution is -0.0689. The summed E-state index contributed by atoms with van der Waals surface area (Å²) in [5.74, 6) is -2.49. The van der Waals surface area contributed by atoms with Gasteiger partial charge in [0.15, 0.2) is 11.6 Å². The predicted molar refractivity (Wildman–Crippen MR) is 62.0 cm³/mol. The normalized spacial score (nSPS) is 25.4. The summed E-state index contributed by atoms with van der Waals surface area (Å²) in [6.45, 7) is 3.69. The maximum Gasteiger partial charge on any atom is 0.251 e. The van der Waals surface area contributed by atoms with Crippen LogP contribution in [0.2, 0.25) is 0 Å². The molecule has 0 bridgehead atoms. The summed E-state index contributed by atoms with van der Waals surface area (Å²) in [4.78, 5) is 11.8. The highest BCUT2D eigenvalue weighted by molar-refractivity contribution is 5.94. The minimum Gasteiger partial charge on any atom is -0.392 e. The molecule has 2 unspecified atom stereocenters. The van der Waals surface area contributed by atoms with Crippen LogP contribution < -0.4 is 5.32 Å². The molecule has 18 heavy (non-hydrogen) atoms. The van der Waals surface area contributed by atoms with Crippen molar-refractivity contribution in [2.75, 3.05) is 0 Å². The van der Waals surface area contributed by atoms with Crippen molar-refractivity contribution in [1.29, 1.82) is 0 Å². The topological polar surface area (TPSA) is 49.3 Å². The summed E-state index contributed by atoms with van der Waals surface area (Å²) in [6, 6.07) is 2.86. The van der Waals surface area contributed by atoms with Gasteiger partial charge >= 0.3 is 0 Å². The van der Waals surface area contributed by atoms with Crippen LogP contribution in [0.4, 0.5) is 8.78 Å². The SMILES string of the molecule is CC1(C)C(O)CC1NC(=O)c1ccc(F)c(F)c1. The largest absolute Gasteiger partial charge is 0.392 e. The van der Waals surface area contributed by atoms with E-state index >= 15 is 0 Å². The first-order valence-electron chi connectivity index (χ1n) is 5.76. The van der Waals surface area contributed by atoms with Gasteiger partial charge in [0.25, 0.3) is 5.91 Å². The van der Waals surface area contributed by atoms with Crippen LogP contribution in [-0.2, 0) is 0 Å². The van der Waals surface area contributed by atoms with E-state index in [1.807, 2.05) is 13.8 Å². The molecule has 1 aromatic rings. The summed E-state index contributed by atoms with van der Waals surface area (Å²) in [5, 5.41) is 12.3. The van der Waals surface area contributed by atoms with Crippen molar-refractivity contribution in [2.45, 2.75) is 32.4 Å². The number of benzene rings is 1. The van der Waals surface area contributed by atoms with E-state index in [1.54, 1.807) is 0 Å². The van der Waals surface area contributed by atoms with E-state index in [0.29, 0.717) is 6.42 Å². The van der Waals surface area contributed by atoms with Crippen LogP contribution in [0.1, 0.15) is 30.6 Å². The fourth-order valence-electron chi connectivity index (χ4n) is 2.03. The van der Waals surface area contributed by atoms with Crippen molar-refractivity contribution in [2.24, 2.45) is 5.41 Å². The van der Waals surface area contributed by atoms with Gasteiger partial charge in [-0.1, -0.05) is 13.8 Å². The summed E-state index contributed by atoms with van der Waals surface area (Å²) in [7, 11) is 0. The highest BCUT2D eigenvalue weighted by atomic mass is 19.2. The van der Waals surface area contributed by atoms with Gasteiger partial charge in [0.05, 0.1) is 6.10 Å². The van der Waals surface area contributed by atoms with Crippen LogP contribution in [0.25, 0.3) is 0 Å². The van der Waals surface area contributed by atoms with E-state index in [4.69, 9.17) is 0 Å². The average Bonchev–Trinajstić information content (AvgIpc) is 2.32. The van der Waals surface area contributed by atoms with Crippen molar-refractivity contribution >= 4 is 5.91 Å². The standard InChI is InChI=1S/C13H15F2NO2/c1-13(2)10(6-11(13)17)16-12(18)7-3-4-8(14)9(15)5-7/h3-5,10-11,17H,6H2,1-2H3,(H,16,18). The van der Waals surface area contributed by atoms with Gasteiger partial charge in [-0.15, -0.1) is 0 Å². The molecule has 1 aromatic carbocycles. The summed E-state index contributed by atoms with van der Waals surface area (Å²) >= 11 is 0. The van der Waals surface area contributed by atoms with Crippen molar-refractivity contribution < 1.29 is 18.7 Å². The second-order valence-electron chi connectivity index (χ2n) is 5.23. The Kier molecular flexibility index (Phi) is 3.11. The molecule has 0 aromatic heterocycles. The van der Waals surface area contributed by atoms with Crippen LogP contribution in [-0.4, -0.2) is 23.2 Å². The molecule has 1 aliphatic carbocycles. The molecule has 0 heterocycles. The lowest BCUT2D eigenvalue weighted by Crippen LogP contribution is -2.61. The molecular weight excluding hydrogens is 240 g/mol. The summed E-state index contributed by atoms with van der Waals surface area (Å²) < 4.78 is 25.7. The predicted octanol–water partition coefficient (Wildman–Crippen LogP) is 1.85. The van der Waals surface area contributed by atoms with Gasteiger partial charge in [-0.2, -0.15) is 0 Å².